The van der Waals surface area contributed by atoms with E-state index in [0.29, 0.717) is 5.16 Å². The third kappa shape index (κ3) is 3.69. The lowest BCUT2D eigenvalue weighted by atomic mass is 9.97. The van der Waals surface area contributed by atoms with Gasteiger partial charge in [0, 0.05) is 17.0 Å². The quantitative estimate of drug-likeness (QED) is 0.616. The summed E-state index contributed by atoms with van der Waals surface area (Å²) in [4.78, 5) is 37.0. The van der Waals surface area contributed by atoms with Gasteiger partial charge in [-0.15, -0.1) is 11.3 Å². The van der Waals surface area contributed by atoms with Crippen molar-refractivity contribution in [2.24, 2.45) is 0 Å². The third-order valence-corrected chi connectivity index (χ3v) is 6.96. The molecule has 7 heteroatoms. The van der Waals surface area contributed by atoms with Crippen LogP contribution in [-0.2, 0) is 17.6 Å². The summed E-state index contributed by atoms with van der Waals surface area (Å²) in [6.45, 7) is 9.99. The molecule has 142 valence electrons. The van der Waals surface area contributed by atoms with E-state index in [9.17, 15) is 9.59 Å². The molecule has 0 saturated heterocycles. The zero-order valence-corrected chi connectivity index (χ0v) is 17.7. The Morgan fingerprint density at radius 1 is 1.15 bits per heavy atom. The number of hydrogen-bond acceptors (Lipinski definition) is 5. The SMILES string of the molecule is CC(C)N(C(=O)[C@H](C)Sc1nc2sc3c(c2c(=O)[nH]1)CCCC3)C(C)C. The number of nitrogens with zero attached hydrogens (tertiary/aromatic N) is 2. The normalized spacial score (nSPS) is 15.5. The molecule has 0 aromatic carbocycles. The van der Waals surface area contributed by atoms with Crippen LogP contribution in [0.25, 0.3) is 10.2 Å². The van der Waals surface area contributed by atoms with Crippen molar-refractivity contribution >= 4 is 39.2 Å². The fourth-order valence-corrected chi connectivity index (χ4v) is 5.91. The molecule has 2 aromatic rings. The summed E-state index contributed by atoms with van der Waals surface area (Å²) in [7, 11) is 0. The Labute approximate surface area is 162 Å². The fourth-order valence-electron chi connectivity index (χ4n) is 3.73. The van der Waals surface area contributed by atoms with E-state index in [1.165, 1.54) is 28.6 Å². The molecule has 5 nitrogen and oxygen atoms in total. The maximum atomic E-state index is 12.8. The van der Waals surface area contributed by atoms with E-state index in [-0.39, 0.29) is 28.8 Å². The lowest BCUT2D eigenvalue weighted by molar-refractivity contribution is -0.133. The molecule has 26 heavy (non-hydrogen) atoms. The van der Waals surface area contributed by atoms with Crippen molar-refractivity contribution in [2.75, 3.05) is 0 Å². The van der Waals surface area contributed by atoms with Gasteiger partial charge in [-0.1, -0.05) is 11.8 Å². The summed E-state index contributed by atoms with van der Waals surface area (Å²) >= 11 is 2.98. The van der Waals surface area contributed by atoms with Crippen LogP contribution < -0.4 is 5.56 Å². The number of aromatic amines is 1. The van der Waals surface area contributed by atoms with Gasteiger partial charge in [-0.3, -0.25) is 9.59 Å². The molecule has 1 amide bonds. The van der Waals surface area contributed by atoms with Gasteiger partial charge >= 0.3 is 0 Å². The topological polar surface area (TPSA) is 66.1 Å². The molecule has 0 radical (unpaired) electrons. The zero-order valence-electron chi connectivity index (χ0n) is 16.1. The van der Waals surface area contributed by atoms with E-state index >= 15 is 0 Å². The van der Waals surface area contributed by atoms with Crippen molar-refractivity contribution in [2.45, 2.75) is 82.8 Å². The van der Waals surface area contributed by atoms with Gasteiger partial charge in [0.15, 0.2) is 5.16 Å². The highest BCUT2D eigenvalue weighted by Crippen LogP contribution is 2.34. The van der Waals surface area contributed by atoms with Crippen LogP contribution >= 0.6 is 23.1 Å². The highest BCUT2D eigenvalue weighted by atomic mass is 32.2. The molecule has 1 aliphatic carbocycles. The first kappa shape index (κ1) is 19.4. The number of thioether (sulfide) groups is 1. The number of thiophene rings is 1. The van der Waals surface area contributed by atoms with E-state index in [0.717, 1.165) is 29.5 Å². The fraction of sp³-hybridized carbons (Fsp3) is 0.632. The highest BCUT2D eigenvalue weighted by Gasteiger charge is 2.27. The Morgan fingerprint density at radius 2 is 1.81 bits per heavy atom. The Balaban J connectivity index is 1.87. The number of aryl methyl sites for hydroxylation is 2. The maximum Gasteiger partial charge on any atom is 0.260 e. The largest absolute Gasteiger partial charge is 0.337 e. The van der Waals surface area contributed by atoms with E-state index in [4.69, 9.17) is 0 Å². The van der Waals surface area contributed by atoms with Crippen LogP contribution in [0, 0.1) is 0 Å². The molecule has 0 fully saturated rings. The second kappa shape index (κ2) is 7.72. The number of fused-ring (bicyclic) bond motifs is 3. The minimum Gasteiger partial charge on any atom is -0.337 e. The second-order valence-electron chi connectivity index (χ2n) is 7.46. The van der Waals surface area contributed by atoms with Gasteiger partial charge in [0.25, 0.3) is 5.56 Å². The van der Waals surface area contributed by atoms with Gasteiger partial charge in [0.1, 0.15) is 4.83 Å². The summed E-state index contributed by atoms with van der Waals surface area (Å²) in [6.07, 6.45) is 4.34. The molecule has 2 aromatic heterocycles. The Bertz CT molecular complexity index is 862. The standard InChI is InChI=1S/C19H27N3O2S2/c1-10(2)22(11(3)4)18(24)12(5)25-19-20-16(23)15-13-8-6-7-9-14(13)26-17(15)21-19/h10-12H,6-9H2,1-5H3,(H,20,21,23)/t12-/m0/s1. The highest BCUT2D eigenvalue weighted by molar-refractivity contribution is 8.00. The van der Waals surface area contributed by atoms with Crippen LogP contribution in [0.15, 0.2) is 9.95 Å². The number of aromatic nitrogens is 2. The van der Waals surface area contributed by atoms with Gasteiger partial charge in [-0.25, -0.2) is 4.98 Å². The Hall–Kier alpha value is -1.34. The van der Waals surface area contributed by atoms with Crippen LogP contribution in [0.2, 0.25) is 0 Å². The average molecular weight is 394 g/mol. The van der Waals surface area contributed by atoms with E-state index in [1.807, 2.05) is 39.5 Å². The first-order valence-corrected chi connectivity index (χ1v) is 11.0. The molecule has 2 heterocycles. The smallest absolute Gasteiger partial charge is 0.260 e. The van der Waals surface area contributed by atoms with Crippen LogP contribution in [0.3, 0.4) is 0 Å². The number of nitrogens with one attached hydrogen (secondary N) is 1. The monoisotopic (exact) mass is 393 g/mol. The summed E-state index contributed by atoms with van der Waals surface area (Å²) in [5.74, 6) is 0.0771. The van der Waals surface area contributed by atoms with Crippen molar-refractivity contribution in [3.63, 3.8) is 0 Å². The van der Waals surface area contributed by atoms with Crippen molar-refractivity contribution in [1.82, 2.24) is 14.9 Å². The maximum absolute atomic E-state index is 12.8. The van der Waals surface area contributed by atoms with Crippen LogP contribution in [0.4, 0.5) is 0 Å². The Morgan fingerprint density at radius 3 is 2.46 bits per heavy atom. The molecular formula is C19H27N3O2S2. The summed E-state index contributed by atoms with van der Waals surface area (Å²) in [5.41, 5.74) is 1.12. The predicted molar refractivity (Wildman–Crippen MR) is 109 cm³/mol. The van der Waals surface area contributed by atoms with Crippen molar-refractivity contribution in [3.8, 4) is 0 Å². The summed E-state index contributed by atoms with van der Waals surface area (Å²) in [5, 5.41) is 1.00. The number of hydrogen-bond donors (Lipinski definition) is 1. The third-order valence-electron chi connectivity index (χ3n) is 4.81. The van der Waals surface area contributed by atoms with Crippen molar-refractivity contribution < 1.29 is 4.79 Å². The molecule has 1 aliphatic rings. The van der Waals surface area contributed by atoms with Crippen LogP contribution in [0.5, 0.6) is 0 Å². The van der Waals surface area contributed by atoms with E-state index in [2.05, 4.69) is 9.97 Å². The molecule has 1 atom stereocenters. The zero-order chi connectivity index (χ0) is 19.0. The van der Waals surface area contributed by atoms with Crippen molar-refractivity contribution in [3.05, 3.63) is 20.8 Å². The van der Waals surface area contributed by atoms with Gasteiger partial charge in [-0.05, 0) is 65.9 Å². The molecule has 3 rings (SSSR count). The van der Waals surface area contributed by atoms with E-state index < -0.39 is 0 Å². The average Bonchev–Trinajstić information content (AvgIpc) is 2.92. The number of H-pyrrole nitrogens is 1. The molecule has 0 aliphatic heterocycles. The first-order valence-electron chi connectivity index (χ1n) is 9.33. The lowest BCUT2D eigenvalue weighted by Crippen LogP contribution is -2.45. The number of carbonyl (C=O) groups excluding carboxylic acids is 1. The first-order chi connectivity index (χ1) is 12.3. The summed E-state index contributed by atoms with van der Waals surface area (Å²) in [6, 6.07) is 0.285. The lowest BCUT2D eigenvalue weighted by Gasteiger charge is -2.32. The summed E-state index contributed by atoms with van der Waals surface area (Å²) < 4.78 is 0. The molecule has 0 unspecified atom stereocenters. The second-order valence-corrected chi connectivity index (χ2v) is 9.87. The van der Waals surface area contributed by atoms with Crippen LogP contribution in [-0.4, -0.2) is 38.1 Å². The minimum absolute atomic E-state index is 0.0684. The molecule has 0 bridgehead atoms. The molecule has 0 spiro atoms. The number of rotatable bonds is 5. The molecule has 1 N–H and O–H groups in total. The van der Waals surface area contributed by atoms with Gasteiger partial charge in [0.05, 0.1) is 10.6 Å². The Kier molecular flexibility index (Phi) is 5.77. The van der Waals surface area contributed by atoms with Gasteiger partial charge in [-0.2, -0.15) is 0 Å². The molecule has 0 saturated carbocycles. The van der Waals surface area contributed by atoms with Crippen molar-refractivity contribution in [1.29, 1.82) is 0 Å². The van der Waals surface area contributed by atoms with Crippen LogP contribution in [0.1, 0.15) is 57.9 Å². The predicted octanol–water partition coefficient (Wildman–Crippen LogP) is 3.99. The van der Waals surface area contributed by atoms with E-state index in [1.54, 1.807) is 11.3 Å². The van der Waals surface area contributed by atoms with Gasteiger partial charge < -0.3 is 9.88 Å². The van der Waals surface area contributed by atoms with Gasteiger partial charge in [0.2, 0.25) is 5.91 Å². The minimum atomic E-state index is -0.296. The number of carbonyl (C=O) groups is 1. The molecular weight excluding hydrogens is 366 g/mol. The number of amides is 1.